The molecule has 164 valence electrons. The molecule has 2 atom stereocenters. The maximum atomic E-state index is 6.42. The topological polar surface area (TPSA) is 43.2 Å². The van der Waals surface area contributed by atoms with Gasteiger partial charge in [-0.05, 0) is 49.4 Å². The van der Waals surface area contributed by atoms with Gasteiger partial charge in [0.2, 0.25) is 0 Å². The first-order valence-electron chi connectivity index (χ1n) is 10.1. The molecule has 0 aromatic heterocycles. The van der Waals surface area contributed by atoms with Gasteiger partial charge < -0.3 is 43.4 Å². The van der Waals surface area contributed by atoms with Gasteiger partial charge in [-0.1, -0.05) is 41.5 Å². The van der Waals surface area contributed by atoms with Crippen molar-refractivity contribution in [3.8, 4) is 0 Å². The van der Waals surface area contributed by atoms with Gasteiger partial charge in [-0.2, -0.15) is 0 Å². The number of halogens is 2. The number of hydrogen-bond donors (Lipinski definition) is 0. The van der Waals surface area contributed by atoms with Crippen LogP contribution in [0.3, 0.4) is 0 Å². The monoisotopic (exact) mass is 610 g/mol. The fourth-order valence-electron chi connectivity index (χ4n) is 5.22. The Hall–Kier alpha value is 0.562. The maximum absolute atomic E-state index is 6.42. The second-order valence-corrected chi connectivity index (χ2v) is 10.8. The molecule has 0 saturated heterocycles. The van der Waals surface area contributed by atoms with Gasteiger partial charge in [0, 0.05) is 0 Å². The van der Waals surface area contributed by atoms with Gasteiger partial charge in [0.1, 0.15) is 11.2 Å². The molecular formula is C21H34Br2N2O2Pd. The van der Waals surface area contributed by atoms with Crippen molar-refractivity contribution in [3.63, 3.8) is 0 Å². The molecule has 4 aliphatic rings. The van der Waals surface area contributed by atoms with Crippen molar-refractivity contribution in [1.82, 2.24) is 0 Å². The molecule has 0 amide bonds. The van der Waals surface area contributed by atoms with Crippen LogP contribution in [-0.2, 0) is 29.9 Å². The summed E-state index contributed by atoms with van der Waals surface area (Å²) in [4.78, 5) is 10.0. The Kier molecular flexibility index (Phi) is 8.17. The Bertz CT molecular complexity index is 575. The third-order valence-corrected chi connectivity index (χ3v) is 6.53. The SMILES string of the molecule is CC(C)(C)[C@H]1N=C(CC2=N[C@H](C(C)(C)C)C3(CCC3)O2)OC12CCC2.[Br-].[Br-].[Pd+2]. The fraction of sp³-hybridized carbons (Fsp3) is 0.905. The standard InChI is InChI=1S/C21H34N2O2.2BrH.Pd/c1-18(2,3)16-20(9-7-10-20)24-14(22-16)13-15-23-17(19(4,5)6)21(25-15)11-8-12-21;;;/h16-17H,7-13H2,1-6H3;2*1H;/q;;;+2/p-2/t16-,17-;;;/m1.../s1. The molecule has 2 aliphatic carbocycles. The third kappa shape index (κ3) is 4.43. The van der Waals surface area contributed by atoms with E-state index in [1.807, 2.05) is 0 Å². The zero-order valence-electron chi connectivity index (χ0n) is 17.9. The van der Waals surface area contributed by atoms with Crippen molar-refractivity contribution < 1.29 is 63.9 Å². The molecule has 4 rings (SSSR count). The minimum atomic E-state index is -0.0513. The van der Waals surface area contributed by atoms with E-state index in [1.165, 1.54) is 12.8 Å². The zero-order chi connectivity index (χ0) is 18.1. The van der Waals surface area contributed by atoms with Crippen LogP contribution < -0.4 is 34.0 Å². The van der Waals surface area contributed by atoms with Gasteiger partial charge in [-0.15, -0.1) is 0 Å². The van der Waals surface area contributed by atoms with Gasteiger partial charge in [0.15, 0.2) is 11.8 Å². The van der Waals surface area contributed by atoms with Crippen LogP contribution >= 0.6 is 0 Å². The normalized spacial score (nSPS) is 29.1. The van der Waals surface area contributed by atoms with E-state index in [0.717, 1.165) is 37.5 Å². The first kappa shape index (κ1) is 26.6. The molecule has 7 heteroatoms. The van der Waals surface area contributed by atoms with E-state index in [9.17, 15) is 0 Å². The van der Waals surface area contributed by atoms with Gasteiger partial charge in [-0.3, -0.25) is 0 Å². The minimum Gasteiger partial charge on any atom is -1.00 e. The molecule has 2 spiro atoms. The summed E-state index contributed by atoms with van der Waals surface area (Å²) in [6.07, 6.45) is 7.65. The fourth-order valence-corrected chi connectivity index (χ4v) is 5.22. The molecule has 4 nitrogen and oxygen atoms in total. The Balaban J connectivity index is 0.00000131. The van der Waals surface area contributed by atoms with E-state index in [4.69, 9.17) is 19.5 Å². The summed E-state index contributed by atoms with van der Waals surface area (Å²) in [7, 11) is 0. The Labute approximate surface area is 205 Å². The largest absolute Gasteiger partial charge is 2.00 e. The number of rotatable bonds is 2. The first-order valence-corrected chi connectivity index (χ1v) is 10.1. The van der Waals surface area contributed by atoms with Crippen LogP contribution in [0.4, 0.5) is 0 Å². The van der Waals surface area contributed by atoms with Gasteiger partial charge in [-0.25, -0.2) is 9.98 Å². The van der Waals surface area contributed by atoms with E-state index in [0.29, 0.717) is 6.42 Å². The average Bonchev–Trinajstić information content (AvgIpc) is 2.95. The van der Waals surface area contributed by atoms with Crippen LogP contribution in [0.2, 0.25) is 0 Å². The van der Waals surface area contributed by atoms with Crippen molar-refractivity contribution in [2.24, 2.45) is 20.8 Å². The van der Waals surface area contributed by atoms with E-state index in [2.05, 4.69) is 41.5 Å². The van der Waals surface area contributed by atoms with E-state index >= 15 is 0 Å². The summed E-state index contributed by atoms with van der Waals surface area (Å²) in [5, 5.41) is 0. The van der Waals surface area contributed by atoms with Gasteiger partial charge in [0.25, 0.3) is 0 Å². The third-order valence-electron chi connectivity index (χ3n) is 6.53. The van der Waals surface area contributed by atoms with E-state index in [-0.39, 0.29) is 88.5 Å². The number of aliphatic imine (C=N–C) groups is 2. The molecule has 2 saturated carbocycles. The summed E-state index contributed by atoms with van der Waals surface area (Å²) in [6.45, 7) is 13.6. The Morgan fingerprint density at radius 3 is 1.25 bits per heavy atom. The second-order valence-electron chi connectivity index (χ2n) is 10.8. The summed E-state index contributed by atoms with van der Waals surface area (Å²) in [6, 6.07) is 0.503. The molecule has 0 N–H and O–H groups in total. The first-order chi connectivity index (χ1) is 11.5. The van der Waals surface area contributed by atoms with Crippen LogP contribution in [0, 0.1) is 10.8 Å². The van der Waals surface area contributed by atoms with Crippen LogP contribution in [0.5, 0.6) is 0 Å². The molecular weight excluding hydrogens is 578 g/mol. The summed E-state index contributed by atoms with van der Waals surface area (Å²) >= 11 is 0. The Morgan fingerprint density at radius 1 is 0.750 bits per heavy atom. The summed E-state index contributed by atoms with van der Waals surface area (Å²) < 4.78 is 12.8. The van der Waals surface area contributed by atoms with E-state index in [1.54, 1.807) is 0 Å². The quantitative estimate of drug-likeness (QED) is 0.373. The van der Waals surface area contributed by atoms with Crippen molar-refractivity contribution in [2.45, 2.75) is 110 Å². The van der Waals surface area contributed by atoms with Crippen LogP contribution in [-0.4, -0.2) is 35.1 Å². The average molecular weight is 613 g/mol. The molecule has 0 aromatic rings. The number of nitrogens with zero attached hydrogens (tertiary/aromatic N) is 2. The van der Waals surface area contributed by atoms with Crippen molar-refractivity contribution in [3.05, 3.63) is 0 Å². The predicted molar refractivity (Wildman–Crippen MR) is 101 cm³/mol. The molecule has 28 heavy (non-hydrogen) atoms. The van der Waals surface area contributed by atoms with Crippen molar-refractivity contribution in [1.29, 1.82) is 0 Å². The van der Waals surface area contributed by atoms with Crippen molar-refractivity contribution in [2.75, 3.05) is 0 Å². The maximum Gasteiger partial charge on any atom is 2.00 e. The smallest absolute Gasteiger partial charge is 1.00 e. The van der Waals surface area contributed by atoms with Crippen LogP contribution in [0.15, 0.2) is 9.98 Å². The second kappa shape index (κ2) is 8.60. The molecule has 2 fully saturated rings. The molecule has 0 aromatic carbocycles. The zero-order valence-corrected chi connectivity index (χ0v) is 22.6. The van der Waals surface area contributed by atoms with Gasteiger partial charge in [0.05, 0.1) is 18.5 Å². The molecule has 0 radical (unpaired) electrons. The number of ether oxygens (including phenoxy) is 2. The van der Waals surface area contributed by atoms with Gasteiger partial charge >= 0.3 is 20.4 Å². The molecule has 0 bridgehead atoms. The van der Waals surface area contributed by atoms with Crippen LogP contribution in [0.25, 0.3) is 0 Å². The number of hydrogen-bond acceptors (Lipinski definition) is 4. The minimum absolute atomic E-state index is 0. The predicted octanol–water partition coefficient (Wildman–Crippen LogP) is -1.09. The summed E-state index contributed by atoms with van der Waals surface area (Å²) in [5.41, 5.74) is 0.155. The van der Waals surface area contributed by atoms with Crippen LogP contribution in [0.1, 0.15) is 86.5 Å². The van der Waals surface area contributed by atoms with E-state index < -0.39 is 0 Å². The molecule has 2 heterocycles. The molecule has 2 aliphatic heterocycles. The molecule has 0 unspecified atom stereocenters. The Morgan fingerprint density at radius 2 is 1.07 bits per heavy atom. The van der Waals surface area contributed by atoms with Crippen molar-refractivity contribution >= 4 is 11.8 Å². The summed E-state index contributed by atoms with van der Waals surface area (Å²) in [5.74, 6) is 1.70.